The van der Waals surface area contributed by atoms with Gasteiger partial charge in [0, 0.05) is 19.8 Å². The van der Waals surface area contributed by atoms with Crippen LogP contribution in [0.2, 0.25) is 0 Å². The SMILES string of the molecule is CCOC(=O)OC(C)OC(=O)C1C(C)C(=O)[C@@H]2C(C(C)OC(C)=O)C(=O)N12. The molecule has 6 atom stereocenters. The van der Waals surface area contributed by atoms with E-state index in [-0.39, 0.29) is 12.4 Å². The Morgan fingerprint density at radius 3 is 2.30 bits per heavy atom. The van der Waals surface area contributed by atoms with E-state index in [0.29, 0.717) is 0 Å². The Kier molecular flexibility index (Phi) is 6.07. The topological polar surface area (TPSA) is 126 Å². The van der Waals surface area contributed by atoms with Gasteiger partial charge in [-0.1, -0.05) is 6.92 Å². The lowest BCUT2D eigenvalue weighted by atomic mass is 9.82. The van der Waals surface area contributed by atoms with Gasteiger partial charge in [0.2, 0.25) is 12.2 Å². The summed E-state index contributed by atoms with van der Waals surface area (Å²) in [6.07, 6.45) is -3.03. The van der Waals surface area contributed by atoms with E-state index < -0.39 is 60.3 Å². The van der Waals surface area contributed by atoms with E-state index in [4.69, 9.17) is 14.2 Å². The monoisotopic (exact) mass is 385 g/mol. The zero-order valence-corrected chi connectivity index (χ0v) is 15.8. The molecule has 5 unspecified atom stereocenters. The molecule has 0 aromatic rings. The van der Waals surface area contributed by atoms with Gasteiger partial charge in [-0.05, 0) is 13.8 Å². The van der Waals surface area contributed by atoms with Crippen molar-refractivity contribution < 1.29 is 42.9 Å². The quantitative estimate of drug-likeness (QED) is 0.277. The number of Topliss-reactive ketones (excluding diaryl/α,β-unsaturated/α-hetero) is 1. The minimum atomic E-state index is -1.25. The largest absolute Gasteiger partial charge is 0.511 e. The minimum Gasteiger partial charge on any atom is -0.462 e. The lowest BCUT2D eigenvalue weighted by molar-refractivity contribution is -0.187. The van der Waals surface area contributed by atoms with Crippen LogP contribution in [0.1, 0.15) is 34.6 Å². The van der Waals surface area contributed by atoms with Crippen molar-refractivity contribution in [3.63, 3.8) is 0 Å². The summed E-state index contributed by atoms with van der Waals surface area (Å²) in [7, 11) is 0. The molecule has 2 aliphatic heterocycles. The van der Waals surface area contributed by atoms with Gasteiger partial charge in [-0.2, -0.15) is 0 Å². The van der Waals surface area contributed by atoms with Gasteiger partial charge in [0.25, 0.3) is 0 Å². The number of nitrogens with zero attached hydrogens (tertiary/aromatic N) is 1. The van der Waals surface area contributed by atoms with Crippen molar-refractivity contribution in [1.82, 2.24) is 4.90 Å². The van der Waals surface area contributed by atoms with Crippen LogP contribution in [0, 0.1) is 11.8 Å². The van der Waals surface area contributed by atoms with Gasteiger partial charge >= 0.3 is 18.1 Å². The lowest BCUT2D eigenvalue weighted by Crippen LogP contribution is -2.66. The number of esters is 2. The number of carbonyl (C=O) groups is 5. The third-order valence-corrected chi connectivity index (χ3v) is 4.60. The number of β-lactam (4-membered cyclic amide) rings is 1. The third kappa shape index (κ3) is 3.88. The summed E-state index contributed by atoms with van der Waals surface area (Å²) in [6.45, 7) is 7.26. The van der Waals surface area contributed by atoms with E-state index >= 15 is 0 Å². The highest BCUT2D eigenvalue weighted by atomic mass is 16.8. The van der Waals surface area contributed by atoms with Gasteiger partial charge < -0.3 is 23.8 Å². The molecule has 1 amide bonds. The number of hydrogen-bond acceptors (Lipinski definition) is 9. The van der Waals surface area contributed by atoms with Crippen molar-refractivity contribution in [3.05, 3.63) is 0 Å². The fourth-order valence-corrected chi connectivity index (χ4v) is 3.48. The Hall–Kier alpha value is -2.65. The zero-order valence-electron chi connectivity index (χ0n) is 15.8. The van der Waals surface area contributed by atoms with Crippen LogP contribution >= 0.6 is 0 Å². The van der Waals surface area contributed by atoms with Gasteiger partial charge in [-0.3, -0.25) is 14.4 Å². The first-order valence-corrected chi connectivity index (χ1v) is 8.67. The Labute approximate surface area is 156 Å². The standard InChI is InChI=1S/C17H23NO9/c1-6-24-17(23)27-10(5)26-16(22)12-7(2)14(20)13-11(15(21)18(12)13)8(3)25-9(4)19/h7-8,10-13H,6H2,1-5H3/t7?,8?,10?,11?,12?,13-/m0/s1. The molecular weight excluding hydrogens is 362 g/mol. The van der Waals surface area contributed by atoms with Gasteiger partial charge in [0.05, 0.1) is 6.61 Å². The normalized spacial score (nSPS) is 28.6. The van der Waals surface area contributed by atoms with E-state index in [1.54, 1.807) is 6.92 Å². The Morgan fingerprint density at radius 1 is 1.11 bits per heavy atom. The highest BCUT2D eigenvalue weighted by molar-refractivity contribution is 6.09. The van der Waals surface area contributed by atoms with Crippen LogP contribution < -0.4 is 0 Å². The maximum Gasteiger partial charge on any atom is 0.511 e. The predicted molar refractivity (Wildman–Crippen MR) is 87.0 cm³/mol. The van der Waals surface area contributed by atoms with Gasteiger partial charge in [-0.25, -0.2) is 9.59 Å². The summed E-state index contributed by atoms with van der Waals surface area (Å²) in [5.41, 5.74) is 0. The fraction of sp³-hybridized carbons (Fsp3) is 0.706. The number of hydrogen-bond donors (Lipinski definition) is 0. The molecule has 150 valence electrons. The van der Waals surface area contributed by atoms with Crippen LogP contribution in [0.15, 0.2) is 0 Å². The second-order valence-corrected chi connectivity index (χ2v) is 6.47. The van der Waals surface area contributed by atoms with Crippen LogP contribution in [0.5, 0.6) is 0 Å². The summed E-state index contributed by atoms with van der Waals surface area (Å²) in [6, 6.07) is -1.97. The minimum absolute atomic E-state index is 0.0968. The molecule has 2 saturated heterocycles. The molecule has 2 aliphatic rings. The van der Waals surface area contributed by atoms with Crippen molar-refractivity contribution in [3.8, 4) is 0 Å². The van der Waals surface area contributed by atoms with Crippen LogP contribution in [0.3, 0.4) is 0 Å². The van der Waals surface area contributed by atoms with Crippen molar-refractivity contribution >= 4 is 29.8 Å². The second-order valence-electron chi connectivity index (χ2n) is 6.47. The van der Waals surface area contributed by atoms with Gasteiger partial charge in [-0.15, -0.1) is 0 Å². The first-order valence-electron chi connectivity index (χ1n) is 8.67. The number of ketones is 1. The van der Waals surface area contributed by atoms with Crippen molar-refractivity contribution in [1.29, 1.82) is 0 Å². The molecule has 0 saturated carbocycles. The summed E-state index contributed by atoms with van der Waals surface area (Å²) in [4.78, 5) is 61.0. The van der Waals surface area contributed by atoms with Gasteiger partial charge in [0.15, 0.2) is 5.78 Å². The average molecular weight is 385 g/mol. The van der Waals surface area contributed by atoms with Gasteiger partial charge in [0.1, 0.15) is 24.1 Å². The van der Waals surface area contributed by atoms with Crippen LogP contribution in [0.25, 0.3) is 0 Å². The maximum absolute atomic E-state index is 12.5. The maximum atomic E-state index is 12.5. The Morgan fingerprint density at radius 2 is 1.74 bits per heavy atom. The highest BCUT2D eigenvalue weighted by Crippen LogP contribution is 2.43. The van der Waals surface area contributed by atoms with Crippen molar-refractivity contribution in [2.24, 2.45) is 11.8 Å². The Bertz CT molecular complexity index is 661. The fourth-order valence-electron chi connectivity index (χ4n) is 3.48. The van der Waals surface area contributed by atoms with E-state index in [2.05, 4.69) is 4.74 Å². The summed E-state index contributed by atoms with van der Waals surface area (Å²) >= 11 is 0. The third-order valence-electron chi connectivity index (χ3n) is 4.60. The second kappa shape index (κ2) is 7.93. The number of ether oxygens (including phenoxy) is 4. The molecule has 2 fully saturated rings. The van der Waals surface area contributed by atoms with Crippen LogP contribution in [-0.4, -0.2) is 65.8 Å². The molecule has 0 N–H and O–H groups in total. The van der Waals surface area contributed by atoms with Crippen molar-refractivity contribution in [2.45, 2.75) is 59.1 Å². The molecule has 2 heterocycles. The zero-order chi connectivity index (χ0) is 20.5. The molecule has 0 aromatic heterocycles. The van der Waals surface area contributed by atoms with E-state index in [9.17, 15) is 24.0 Å². The average Bonchev–Trinajstić information content (AvgIpc) is 2.75. The van der Waals surface area contributed by atoms with E-state index in [0.717, 1.165) is 4.90 Å². The van der Waals surface area contributed by atoms with E-state index in [1.807, 2.05) is 0 Å². The lowest BCUT2D eigenvalue weighted by Gasteiger charge is -2.45. The molecular formula is C17H23NO9. The number of amides is 1. The summed E-state index contributed by atoms with van der Waals surface area (Å²) in [5.74, 6) is -3.81. The molecule has 0 bridgehead atoms. The smallest absolute Gasteiger partial charge is 0.462 e. The molecule has 0 spiro atoms. The predicted octanol–water partition coefficient (Wildman–Crippen LogP) is 0.415. The highest BCUT2D eigenvalue weighted by Gasteiger charge is 2.65. The molecule has 10 nitrogen and oxygen atoms in total. The molecule has 0 aliphatic carbocycles. The molecule has 0 radical (unpaired) electrons. The number of fused-ring (bicyclic) bond motifs is 1. The Balaban J connectivity index is 2.06. The number of carbonyl (C=O) groups excluding carboxylic acids is 5. The summed E-state index contributed by atoms with van der Waals surface area (Å²) < 4.78 is 19.4. The summed E-state index contributed by atoms with van der Waals surface area (Å²) in [5, 5.41) is 0. The molecule has 2 rings (SSSR count). The number of rotatable bonds is 6. The molecule has 27 heavy (non-hydrogen) atoms. The van der Waals surface area contributed by atoms with Crippen LogP contribution in [-0.2, 0) is 38.1 Å². The molecule has 10 heteroatoms. The first-order chi connectivity index (χ1) is 12.6. The first kappa shape index (κ1) is 20.7. The van der Waals surface area contributed by atoms with Crippen molar-refractivity contribution in [2.75, 3.05) is 6.61 Å². The van der Waals surface area contributed by atoms with Crippen LogP contribution in [0.4, 0.5) is 4.79 Å². The van der Waals surface area contributed by atoms with E-state index in [1.165, 1.54) is 27.7 Å². The molecule has 0 aromatic carbocycles.